The molecule has 0 fully saturated rings. The molecule has 2 aromatic heterocycles. The lowest BCUT2D eigenvalue weighted by molar-refractivity contribution is 1.21. The molecule has 0 amide bonds. The van der Waals surface area contributed by atoms with Crippen molar-refractivity contribution in [1.29, 1.82) is 5.26 Å². The number of benzene rings is 1. The van der Waals surface area contributed by atoms with E-state index in [4.69, 9.17) is 5.26 Å². The summed E-state index contributed by atoms with van der Waals surface area (Å²) in [5.74, 6) is 0. The minimum Gasteiger partial charge on any atom is -0.297 e. The van der Waals surface area contributed by atoms with Gasteiger partial charge in [0.2, 0.25) is 0 Å². The summed E-state index contributed by atoms with van der Waals surface area (Å²) in [6.07, 6.45) is 5.31. The lowest BCUT2D eigenvalue weighted by Gasteiger charge is -2.00. The normalized spacial score (nSPS) is 10.6. The zero-order chi connectivity index (χ0) is 10.3. The van der Waals surface area contributed by atoms with Crippen LogP contribution in [-0.4, -0.2) is 14.4 Å². The Kier molecular flexibility index (Phi) is 1.48. The first kappa shape index (κ1) is 7.94. The van der Waals surface area contributed by atoms with E-state index in [1.807, 2.05) is 16.7 Å². The van der Waals surface area contributed by atoms with Crippen molar-refractivity contribution in [2.75, 3.05) is 0 Å². The molecular weight excluding hydrogens is 188 g/mol. The minimum absolute atomic E-state index is 0.620. The van der Waals surface area contributed by atoms with E-state index in [-0.39, 0.29) is 0 Å². The summed E-state index contributed by atoms with van der Waals surface area (Å²) in [4.78, 5) is 8.40. The predicted octanol–water partition coefficient (Wildman–Crippen LogP) is 1.75. The molecule has 3 rings (SSSR count). The Morgan fingerprint density at radius 2 is 2.20 bits per heavy atom. The highest BCUT2D eigenvalue weighted by Crippen LogP contribution is 2.14. The third-order valence-electron chi connectivity index (χ3n) is 2.35. The van der Waals surface area contributed by atoms with Crippen molar-refractivity contribution in [2.24, 2.45) is 0 Å². The van der Waals surface area contributed by atoms with Crippen LogP contribution in [0.15, 0.2) is 36.8 Å². The van der Waals surface area contributed by atoms with Crippen LogP contribution in [0, 0.1) is 11.3 Å². The molecular formula is C11H6N4. The lowest BCUT2D eigenvalue weighted by Crippen LogP contribution is -1.90. The predicted molar refractivity (Wildman–Crippen MR) is 55.2 cm³/mol. The molecule has 0 bridgehead atoms. The first-order chi connectivity index (χ1) is 7.38. The van der Waals surface area contributed by atoms with Gasteiger partial charge < -0.3 is 0 Å². The van der Waals surface area contributed by atoms with Gasteiger partial charge in [-0.05, 0) is 18.2 Å². The molecule has 3 aromatic rings. The number of nitriles is 1. The number of fused-ring (bicyclic) bond motifs is 3. The summed E-state index contributed by atoms with van der Waals surface area (Å²) >= 11 is 0. The van der Waals surface area contributed by atoms with E-state index in [9.17, 15) is 0 Å². The SMILES string of the molecule is N#Cc1ccc2c(c1)ncc1nccn12. The summed E-state index contributed by atoms with van der Waals surface area (Å²) in [7, 11) is 0. The first-order valence-corrected chi connectivity index (χ1v) is 4.50. The number of aromatic nitrogens is 3. The van der Waals surface area contributed by atoms with Crippen LogP contribution in [0.1, 0.15) is 5.56 Å². The van der Waals surface area contributed by atoms with Gasteiger partial charge in [0.1, 0.15) is 0 Å². The summed E-state index contributed by atoms with van der Waals surface area (Å²) in [5.41, 5.74) is 3.20. The standard InChI is InChI=1S/C11H6N4/c12-6-8-1-2-10-9(5-8)14-7-11-13-3-4-15(10)11/h1-5,7H. The molecule has 4 heteroatoms. The molecule has 0 spiro atoms. The van der Waals surface area contributed by atoms with E-state index in [1.165, 1.54) is 0 Å². The molecule has 15 heavy (non-hydrogen) atoms. The van der Waals surface area contributed by atoms with E-state index in [2.05, 4.69) is 16.0 Å². The lowest BCUT2D eigenvalue weighted by atomic mass is 10.2. The molecule has 0 saturated heterocycles. The van der Waals surface area contributed by atoms with E-state index in [1.54, 1.807) is 24.5 Å². The van der Waals surface area contributed by atoms with Crippen molar-refractivity contribution in [3.05, 3.63) is 42.4 Å². The largest absolute Gasteiger partial charge is 0.297 e. The molecule has 1 aromatic carbocycles. The van der Waals surface area contributed by atoms with Crippen LogP contribution in [0.3, 0.4) is 0 Å². The first-order valence-electron chi connectivity index (χ1n) is 4.50. The average molecular weight is 194 g/mol. The monoisotopic (exact) mass is 194 g/mol. The maximum Gasteiger partial charge on any atom is 0.155 e. The molecule has 0 radical (unpaired) electrons. The smallest absolute Gasteiger partial charge is 0.155 e. The van der Waals surface area contributed by atoms with Gasteiger partial charge in [-0.25, -0.2) is 4.98 Å². The molecule has 0 aliphatic heterocycles. The zero-order valence-corrected chi connectivity index (χ0v) is 7.75. The zero-order valence-electron chi connectivity index (χ0n) is 7.75. The van der Waals surface area contributed by atoms with Crippen molar-refractivity contribution < 1.29 is 0 Å². The fourth-order valence-electron chi connectivity index (χ4n) is 1.64. The van der Waals surface area contributed by atoms with E-state index < -0.39 is 0 Å². The van der Waals surface area contributed by atoms with Crippen molar-refractivity contribution in [1.82, 2.24) is 14.4 Å². The summed E-state index contributed by atoms with van der Waals surface area (Å²) in [6, 6.07) is 7.53. The third-order valence-corrected chi connectivity index (χ3v) is 2.35. The Morgan fingerprint density at radius 1 is 1.27 bits per heavy atom. The second-order valence-electron chi connectivity index (χ2n) is 3.23. The van der Waals surface area contributed by atoms with Crippen LogP contribution >= 0.6 is 0 Å². The van der Waals surface area contributed by atoms with Crippen molar-refractivity contribution in [3.63, 3.8) is 0 Å². The topological polar surface area (TPSA) is 54.0 Å². The molecule has 4 nitrogen and oxygen atoms in total. The molecule has 0 unspecified atom stereocenters. The van der Waals surface area contributed by atoms with Gasteiger partial charge in [-0.2, -0.15) is 5.26 Å². The Morgan fingerprint density at radius 3 is 3.07 bits per heavy atom. The fourth-order valence-corrected chi connectivity index (χ4v) is 1.64. The van der Waals surface area contributed by atoms with Gasteiger partial charge in [-0.3, -0.25) is 9.38 Å². The highest BCUT2D eigenvalue weighted by Gasteiger charge is 2.02. The third kappa shape index (κ3) is 1.07. The Hall–Kier alpha value is -2.41. The quantitative estimate of drug-likeness (QED) is 0.547. The van der Waals surface area contributed by atoms with Crippen LogP contribution < -0.4 is 0 Å². The Balaban J connectivity index is 2.50. The van der Waals surface area contributed by atoms with Gasteiger partial charge >= 0.3 is 0 Å². The number of hydrogen-bond acceptors (Lipinski definition) is 3. The van der Waals surface area contributed by atoms with Crippen LogP contribution in [0.2, 0.25) is 0 Å². The van der Waals surface area contributed by atoms with Crippen LogP contribution in [-0.2, 0) is 0 Å². The number of imidazole rings is 1. The summed E-state index contributed by atoms with van der Waals surface area (Å²) in [5, 5.41) is 8.77. The molecule has 0 saturated carbocycles. The van der Waals surface area contributed by atoms with Gasteiger partial charge in [0.15, 0.2) is 5.65 Å². The van der Waals surface area contributed by atoms with Crippen molar-refractivity contribution in [3.8, 4) is 6.07 Å². The molecule has 0 aliphatic rings. The van der Waals surface area contributed by atoms with Crippen LogP contribution in [0.5, 0.6) is 0 Å². The maximum atomic E-state index is 8.77. The van der Waals surface area contributed by atoms with E-state index >= 15 is 0 Å². The van der Waals surface area contributed by atoms with Gasteiger partial charge in [0.05, 0.1) is 28.9 Å². The van der Waals surface area contributed by atoms with Gasteiger partial charge in [0.25, 0.3) is 0 Å². The fraction of sp³-hybridized carbons (Fsp3) is 0. The minimum atomic E-state index is 0.620. The Bertz CT molecular complexity index is 690. The average Bonchev–Trinajstić information content (AvgIpc) is 2.76. The molecule has 0 N–H and O–H groups in total. The summed E-state index contributed by atoms with van der Waals surface area (Å²) in [6.45, 7) is 0. The molecule has 0 aliphatic carbocycles. The molecule has 2 heterocycles. The highest BCUT2D eigenvalue weighted by atomic mass is 15.0. The van der Waals surface area contributed by atoms with Crippen molar-refractivity contribution >= 4 is 16.7 Å². The van der Waals surface area contributed by atoms with Crippen LogP contribution in [0.25, 0.3) is 16.7 Å². The van der Waals surface area contributed by atoms with Gasteiger partial charge in [-0.15, -0.1) is 0 Å². The van der Waals surface area contributed by atoms with Gasteiger partial charge in [-0.1, -0.05) is 0 Å². The maximum absolute atomic E-state index is 8.77. The van der Waals surface area contributed by atoms with Crippen molar-refractivity contribution in [2.45, 2.75) is 0 Å². The number of hydrogen-bond donors (Lipinski definition) is 0. The Labute approximate surface area is 85.4 Å². The van der Waals surface area contributed by atoms with Gasteiger partial charge in [0, 0.05) is 12.4 Å². The molecule has 70 valence electrons. The number of nitrogens with zero attached hydrogens (tertiary/aromatic N) is 4. The summed E-state index contributed by atoms with van der Waals surface area (Å²) < 4.78 is 1.95. The second-order valence-corrected chi connectivity index (χ2v) is 3.23. The molecule has 0 atom stereocenters. The van der Waals surface area contributed by atoms with E-state index in [0.717, 1.165) is 16.7 Å². The number of rotatable bonds is 0. The second kappa shape index (κ2) is 2.79. The van der Waals surface area contributed by atoms with Crippen LogP contribution in [0.4, 0.5) is 0 Å². The van der Waals surface area contributed by atoms with E-state index in [0.29, 0.717) is 5.56 Å². The highest BCUT2D eigenvalue weighted by molar-refractivity contribution is 5.78.